The first-order valence-electron chi connectivity index (χ1n) is 8.35. The first-order chi connectivity index (χ1) is 13.0. The van der Waals surface area contributed by atoms with E-state index in [9.17, 15) is 9.59 Å². The van der Waals surface area contributed by atoms with Crippen molar-refractivity contribution in [1.29, 1.82) is 0 Å². The number of hydrogen-bond donors (Lipinski definition) is 2. The maximum absolute atomic E-state index is 12.4. The zero-order valence-electron chi connectivity index (χ0n) is 14.7. The van der Waals surface area contributed by atoms with Gasteiger partial charge in [-0.3, -0.25) is 0 Å². The van der Waals surface area contributed by atoms with Gasteiger partial charge in [0.1, 0.15) is 0 Å². The molecule has 2 N–H and O–H groups in total. The molecule has 1 aliphatic rings. The number of carbonyl (C=O) groups is 2. The van der Waals surface area contributed by atoms with Crippen molar-refractivity contribution in [3.63, 3.8) is 0 Å². The quantitative estimate of drug-likeness (QED) is 0.633. The molecule has 1 aliphatic heterocycles. The van der Waals surface area contributed by atoms with Gasteiger partial charge in [0.05, 0.1) is 0 Å². The Balaban J connectivity index is 1.43. The van der Waals surface area contributed by atoms with E-state index in [0.717, 1.165) is 28.1 Å². The summed E-state index contributed by atoms with van der Waals surface area (Å²) in [6.45, 7) is 3.91. The van der Waals surface area contributed by atoms with E-state index < -0.39 is 0 Å². The van der Waals surface area contributed by atoms with Crippen molar-refractivity contribution in [2.75, 3.05) is 10.6 Å². The Morgan fingerprint density at radius 3 is 2.63 bits per heavy atom. The van der Waals surface area contributed by atoms with Gasteiger partial charge in [-0.15, -0.1) is 0 Å². The van der Waals surface area contributed by atoms with Gasteiger partial charge >= 0.3 is 162 Å². The average Bonchev–Trinajstić information content (AvgIpc) is 3.08. The number of aryl methyl sites for hydroxylation is 2. The van der Waals surface area contributed by atoms with Crippen molar-refractivity contribution in [3.05, 3.63) is 69.8 Å². The van der Waals surface area contributed by atoms with Crippen LogP contribution in [0.5, 0.6) is 0 Å². The van der Waals surface area contributed by atoms with Crippen molar-refractivity contribution in [3.8, 4) is 0 Å². The van der Waals surface area contributed by atoms with E-state index in [-0.39, 0.29) is 26.3 Å². The molecular weight excluding hydrogens is 407 g/mol. The first-order valence-corrected chi connectivity index (χ1v) is 10.1. The standard InChI is InChI=1S/C20H16N4O2Se/c1-11-7-8-15-13(9-11)17(22-15)19(26)24-20-21-10-16(27-20)18(25)23-14-6-4-3-5-12(14)2/h3-10H,1-2H3,(H,23,25)(H,21,24,26). The molecule has 0 atom stereocenters. The molecule has 0 unspecified atom stereocenters. The topological polar surface area (TPSA) is 83.5 Å². The van der Waals surface area contributed by atoms with Gasteiger partial charge in [0.15, 0.2) is 0 Å². The molecule has 0 aliphatic carbocycles. The van der Waals surface area contributed by atoms with E-state index in [0.29, 0.717) is 14.8 Å². The summed E-state index contributed by atoms with van der Waals surface area (Å²) in [7, 11) is 0. The molecule has 0 saturated carbocycles. The molecule has 134 valence electrons. The number of aromatic nitrogens is 1. The summed E-state index contributed by atoms with van der Waals surface area (Å²) in [4.78, 5) is 33.3. The molecule has 4 rings (SSSR count). The van der Waals surface area contributed by atoms with Crippen LogP contribution in [-0.4, -0.2) is 37.0 Å². The summed E-state index contributed by atoms with van der Waals surface area (Å²) < 4.78 is 1.07. The molecule has 0 fully saturated rings. The summed E-state index contributed by atoms with van der Waals surface area (Å²) in [5, 5.41) is 5.67. The van der Waals surface area contributed by atoms with Crippen LogP contribution in [0.25, 0.3) is 0 Å². The molecule has 6 nitrogen and oxygen atoms in total. The molecule has 3 aromatic rings. The number of nitrogens with zero attached hydrogens (tertiary/aromatic N) is 2. The summed E-state index contributed by atoms with van der Waals surface area (Å²) in [5.74, 6) is -0.484. The fourth-order valence-electron chi connectivity index (χ4n) is 2.73. The number of para-hydroxylation sites is 1. The average molecular weight is 423 g/mol. The van der Waals surface area contributed by atoms with Gasteiger partial charge < -0.3 is 0 Å². The van der Waals surface area contributed by atoms with Crippen molar-refractivity contribution in [2.24, 2.45) is 4.99 Å². The number of nitrogens with one attached hydrogen (secondary N) is 2. The second-order valence-electron chi connectivity index (χ2n) is 6.23. The number of amides is 2. The zero-order valence-corrected chi connectivity index (χ0v) is 16.5. The number of carbonyl (C=O) groups excluding carboxylic acids is 2. The second-order valence-corrected chi connectivity index (χ2v) is 8.40. The normalized spacial score (nSPS) is 11.9. The van der Waals surface area contributed by atoms with Crippen LogP contribution in [0.2, 0.25) is 0 Å². The molecule has 2 amide bonds. The van der Waals surface area contributed by atoms with Gasteiger partial charge in [-0.05, 0) is 0 Å². The molecule has 0 spiro atoms. The number of benzene rings is 2. The Labute approximate surface area is 162 Å². The number of hydrogen-bond acceptors (Lipinski definition) is 4. The van der Waals surface area contributed by atoms with Gasteiger partial charge in [0, 0.05) is 0 Å². The Hall–Kier alpha value is -3.02. The van der Waals surface area contributed by atoms with Gasteiger partial charge in [0.2, 0.25) is 0 Å². The molecule has 0 saturated heterocycles. The van der Waals surface area contributed by atoms with Crippen LogP contribution in [0.1, 0.15) is 25.9 Å². The fraction of sp³-hybridized carbons (Fsp3) is 0.100. The Morgan fingerprint density at radius 2 is 1.81 bits per heavy atom. The van der Waals surface area contributed by atoms with E-state index in [1.54, 1.807) is 0 Å². The Bertz CT molecular complexity index is 1100. The van der Waals surface area contributed by atoms with E-state index in [1.165, 1.54) is 6.20 Å². The summed E-state index contributed by atoms with van der Waals surface area (Å²) in [6.07, 6.45) is 1.52. The second kappa shape index (κ2) is 6.95. The molecule has 1 aromatic heterocycles. The Morgan fingerprint density at radius 1 is 1.00 bits per heavy atom. The molecular formula is C20H16N4O2Se. The zero-order chi connectivity index (χ0) is 19.0. The minimum atomic E-state index is -0.359. The van der Waals surface area contributed by atoms with Crippen molar-refractivity contribution in [2.45, 2.75) is 13.8 Å². The van der Waals surface area contributed by atoms with Crippen molar-refractivity contribution >= 4 is 48.1 Å². The summed E-state index contributed by atoms with van der Waals surface area (Å²) in [5.41, 5.74) is 4.92. The van der Waals surface area contributed by atoms with Crippen LogP contribution in [-0.2, 0) is 4.79 Å². The van der Waals surface area contributed by atoms with Crippen LogP contribution in [0.15, 0.2) is 53.7 Å². The van der Waals surface area contributed by atoms with E-state index >= 15 is 0 Å². The molecule has 27 heavy (non-hydrogen) atoms. The van der Waals surface area contributed by atoms with Gasteiger partial charge in [-0.25, -0.2) is 0 Å². The third-order valence-corrected chi connectivity index (χ3v) is 6.11. The summed E-state index contributed by atoms with van der Waals surface area (Å²) in [6, 6.07) is 13.4. The predicted octanol–water partition coefficient (Wildman–Crippen LogP) is 3.08. The van der Waals surface area contributed by atoms with Gasteiger partial charge in [-0.1, -0.05) is 0 Å². The van der Waals surface area contributed by atoms with Gasteiger partial charge in [0.25, 0.3) is 0 Å². The maximum atomic E-state index is 12.4. The Kier molecular flexibility index (Phi) is 4.47. The number of rotatable bonds is 4. The molecule has 0 bridgehead atoms. The van der Waals surface area contributed by atoms with Crippen LogP contribution in [0.4, 0.5) is 16.1 Å². The van der Waals surface area contributed by atoms with E-state index in [4.69, 9.17) is 0 Å². The fourth-order valence-corrected chi connectivity index (χ4v) is 4.21. The number of aliphatic imine (C=N–C) groups is 1. The minimum absolute atomic E-state index is 0.195. The monoisotopic (exact) mass is 424 g/mol. The number of fused-ring (bicyclic) bond motifs is 1. The van der Waals surface area contributed by atoms with Crippen LogP contribution >= 0.6 is 0 Å². The van der Waals surface area contributed by atoms with Crippen LogP contribution in [0.3, 0.4) is 0 Å². The molecule has 0 radical (unpaired) electrons. The molecule has 2 aromatic carbocycles. The van der Waals surface area contributed by atoms with Crippen LogP contribution in [0, 0.1) is 13.8 Å². The van der Waals surface area contributed by atoms with Gasteiger partial charge in [-0.2, -0.15) is 0 Å². The van der Waals surface area contributed by atoms with Crippen LogP contribution < -0.4 is 10.6 Å². The van der Waals surface area contributed by atoms with Crippen molar-refractivity contribution < 1.29 is 9.59 Å². The summed E-state index contributed by atoms with van der Waals surface area (Å²) >= 11 is -0.359. The molecule has 7 heteroatoms. The predicted molar refractivity (Wildman–Crippen MR) is 106 cm³/mol. The number of anilines is 2. The molecule has 2 heterocycles. The third kappa shape index (κ3) is 3.47. The van der Waals surface area contributed by atoms with Crippen molar-refractivity contribution in [1.82, 2.24) is 4.98 Å². The first kappa shape index (κ1) is 17.4. The third-order valence-electron chi connectivity index (χ3n) is 4.20. The van der Waals surface area contributed by atoms with E-state index in [1.807, 2.05) is 56.3 Å². The van der Waals surface area contributed by atoms with E-state index in [2.05, 4.69) is 20.6 Å². The SMILES string of the molecule is Cc1ccc2c(c1)C(C(=O)Nc1ncc(C(=O)Nc3ccccc3C)[se]1)=N2.